The van der Waals surface area contributed by atoms with Gasteiger partial charge >= 0.3 is 11.7 Å². The lowest BCUT2D eigenvalue weighted by molar-refractivity contribution is 0.184. The SMILES string of the molecule is CCn1cc(-c2ccccc2)cc(NC(=O)N2CCC(n3c(=O)[nH]c4ncccc43)CC2)c1=O. The van der Waals surface area contributed by atoms with Crippen molar-refractivity contribution >= 4 is 22.9 Å². The average molecular weight is 459 g/mol. The number of carbonyl (C=O) groups is 1. The Morgan fingerprint density at radius 1 is 1.09 bits per heavy atom. The number of carbonyl (C=O) groups excluding carboxylic acids is 1. The molecule has 3 aromatic heterocycles. The topological polar surface area (TPSA) is 105 Å². The molecule has 4 heterocycles. The van der Waals surface area contributed by atoms with Crippen molar-refractivity contribution in [2.75, 3.05) is 18.4 Å². The van der Waals surface area contributed by atoms with E-state index >= 15 is 0 Å². The van der Waals surface area contributed by atoms with E-state index in [9.17, 15) is 14.4 Å². The van der Waals surface area contributed by atoms with E-state index in [-0.39, 0.29) is 29.0 Å². The van der Waals surface area contributed by atoms with Crippen LogP contribution in [-0.2, 0) is 6.54 Å². The van der Waals surface area contributed by atoms with Gasteiger partial charge in [-0.25, -0.2) is 14.6 Å². The van der Waals surface area contributed by atoms with Crippen molar-refractivity contribution in [2.24, 2.45) is 0 Å². The highest BCUT2D eigenvalue weighted by molar-refractivity contribution is 5.90. The van der Waals surface area contributed by atoms with E-state index in [4.69, 9.17) is 0 Å². The summed E-state index contributed by atoms with van der Waals surface area (Å²) in [6.07, 6.45) is 4.73. The van der Waals surface area contributed by atoms with Gasteiger partial charge in [0.2, 0.25) is 0 Å². The van der Waals surface area contributed by atoms with Crippen LogP contribution in [0.2, 0.25) is 0 Å². The van der Waals surface area contributed by atoms with Crippen LogP contribution < -0.4 is 16.6 Å². The fraction of sp³-hybridized carbons (Fsp3) is 0.280. The first kappa shape index (κ1) is 21.7. The summed E-state index contributed by atoms with van der Waals surface area (Å²) in [5.41, 5.74) is 3.02. The number of benzene rings is 1. The number of hydrogen-bond donors (Lipinski definition) is 2. The molecule has 0 aliphatic carbocycles. The number of rotatable bonds is 4. The van der Waals surface area contributed by atoms with Crippen LogP contribution in [0.25, 0.3) is 22.3 Å². The summed E-state index contributed by atoms with van der Waals surface area (Å²) >= 11 is 0. The Hall–Kier alpha value is -4.14. The second-order valence-electron chi connectivity index (χ2n) is 8.42. The molecule has 1 aliphatic heterocycles. The number of amides is 2. The highest BCUT2D eigenvalue weighted by Gasteiger charge is 2.27. The van der Waals surface area contributed by atoms with Crippen LogP contribution in [0.15, 0.2) is 70.5 Å². The first-order valence-corrected chi connectivity index (χ1v) is 11.5. The summed E-state index contributed by atoms with van der Waals surface area (Å²) < 4.78 is 3.34. The maximum absolute atomic E-state index is 13.0. The lowest BCUT2D eigenvalue weighted by Gasteiger charge is -2.32. The van der Waals surface area contributed by atoms with Gasteiger partial charge in [0, 0.05) is 43.6 Å². The first-order valence-electron chi connectivity index (χ1n) is 11.5. The Kier molecular flexibility index (Phi) is 5.75. The minimum absolute atomic E-state index is 0.0202. The summed E-state index contributed by atoms with van der Waals surface area (Å²) in [5, 5.41) is 2.82. The van der Waals surface area contributed by atoms with Gasteiger partial charge in [0.15, 0.2) is 5.65 Å². The first-order chi connectivity index (χ1) is 16.5. The Morgan fingerprint density at radius 2 is 1.85 bits per heavy atom. The number of aromatic amines is 1. The number of urea groups is 1. The van der Waals surface area contributed by atoms with Gasteiger partial charge in [-0.1, -0.05) is 30.3 Å². The molecule has 0 bridgehead atoms. The number of pyridine rings is 2. The van der Waals surface area contributed by atoms with Crippen molar-refractivity contribution < 1.29 is 4.79 Å². The zero-order valence-electron chi connectivity index (χ0n) is 18.9. The fourth-order valence-electron chi connectivity index (χ4n) is 4.59. The lowest BCUT2D eigenvalue weighted by atomic mass is 10.0. The van der Waals surface area contributed by atoms with Crippen LogP contribution in [0.5, 0.6) is 0 Å². The molecule has 9 nitrogen and oxygen atoms in total. The van der Waals surface area contributed by atoms with E-state index in [1.54, 1.807) is 32.4 Å². The third-order valence-corrected chi connectivity index (χ3v) is 6.38. The van der Waals surface area contributed by atoms with Crippen molar-refractivity contribution in [3.8, 4) is 11.1 Å². The third kappa shape index (κ3) is 4.00. The van der Waals surface area contributed by atoms with E-state index in [1.165, 1.54) is 0 Å². The molecule has 34 heavy (non-hydrogen) atoms. The highest BCUT2D eigenvalue weighted by Crippen LogP contribution is 2.25. The molecule has 1 aromatic carbocycles. The molecule has 2 amide bonds. The van der Waals surface area contributed by atoms with Gasteiger partial charge in [0.05, 0.1) is 5.52 Å². The van der Waals surface area contributed by atoms with Gasteiger partial charge in [-0.3, -0.25) is 14.3 Å². The van der Waals surface area contributed by atoms with Crippen LogP contribution in [0.3, 0.4) is 0 Å². The minimum Gasteiger partial charge on any atom is -0.324 e. The molecule has 0 saturated carbocycles. The molecule has 2 N–H and O–H groups in total. The van der Waals surface area contributed by atoms with Crippen LogP contribution in [0.1, 0.15) is 25.8 Å². The second-order valence-corrected chi connectivity index (χ2v) is 8.42. The Balaban J connectivity index is 1.32. The maximum atomic E-state index is 13.0. The summed E-state index contributed by atoms with van der Waals surface area (Å²) in [4.78, 5) is 47.1. The number of fused-ring (bicyclic) bond motifs is 1. The molecule has 0 atom stereocenters. The van der Waals surface area contributed by atoms with Crippen LogP contribution in [0, 0.1) is 0 Å². The maximum Gasteiger partial charge on any atom is 0.327 e. The molecule has 1 aliphatic rings. The van der Waals surface area contributed by atoms with Crippen molar-refractivity contribution in [2.45, 2.75) is 32.4 Å². The number of aryl methyl sites for hydroxylation is 1. The van der Waals surface area contributed by atoms with E-state index < -0.39 is 0 Å². The number of piperidine rings is 1. The van der Waals surface area contributed by atoms with Crippen molar-refractivity contribution in [3.05, 3.63) is 81.8 Å². The summed E-state index contributed by atoms with van der Waals surface area (Å²) in [6, 6.07) is 14.8. The average Bonchev–Trinajstić information content (AvgIpc) is 3.21. The molecule has 0 radical (unpaired) electrons. The number of imidazole rings is 1. The number of hydrogen-bond acceptors (Lipinski definition) is 4. The van der Waals surface area contributed by atoms with Gasteiger partial charge < -0.3 is 14.8 Å². The molecule has 1 saturated heterocycles. The van der Waals surface area contributed by atoms with Crippen molar-refractivity contribution in [1.82, 2.24) is 24.0 Å². The highest BCUT2D eigenvalue weighted by atomic mass is 16.2. The normalized spacial score (nSPS) is 14.4. The Labute approximate surface area is 195 Å². The van der Waals surface area contributed by atoms with Crippen molar-refractivity contribution in [1.29, 1.82) is 0 Å². The number of aromatic nitrogens is 4. The molecule has 9 heteroatoms. The summed E-state index contributed by atoms with van der Waals surface area (Å²) in [7, 11) is 0. The van der Waals surface area contributed by atoms with Gasteiger partial charge in [0.25, 0.3) is 5.56 Å². The summed E-state index contributed by atoms with van der Waals surface area (Å²) in [6.45, 7) is 3.36. The van der Waals surface area contributed by atoms with Crippen LogP contribution >= 0.6 is 0 Å². The summed E-state index contributed by atoms with van der Waals surface area (Å²) in [5.74, 6) is 0. The quantitative estimate of drug-likeness (QED) is 0.489. The Bertz CT molecular complexity index is 1450. The van der Waals surface area contributed by atoms with Gasteiger partial charge in [-0.15, -0.1) is 0 Å². The predicted molar refractivity (Wildman–Crippen MR) is 131 cm³/mol. The number of likely N-dealkylation sites (tertiary alicyclic amines) is 1. The number of H-pyrrole nitrogens is 1. The van der Waals surface area contributed by atoms with Crippen LogP contribution in [-0.4, -0.2) is 43.1 Å². The minimum atomic E-state index is -0.309. The van der Waals surface area contributed by atoms with Crippen molar-refractivity contribution in [3.63, 3.8) is 0 Å². The molecule has 0 unspecified atom stereocenters. The lowest BCUT2D eigenvalue weighted by Crippen LogP contribution is -2.43. The standard InChI is InChI=1S/C25H26N6O3/c1-2-29-16-18(17-7-4-3-5-8-17)15-20(23(29)32)27-24(33)30-13-10-19(11-14-30)31-21-9-6-12-26-22(21)28-25(31)34/h3-9,12,15-16,19H,2,10-11,13-14H2,1H3,(H,27,33)(H,26,28,34). The molecule has 4 aromatic rings. The molecular formula is C25H26N6O3. The van der Waals surface area contributed by atoms with Gasteiger partial charge in [0.1, 0.15) is 5.69 Å². The predicted octanol–water partition coefficient (Wildman–Crippen LogP) is 3.44. The molecule has 1 fully saturated rings. The van der Waals surface area contributed by atoms with Crippen LogP contribution in [0.4, 0.5) is 10.5 Å². The largest absolute Gasteiger partial charge is 0.327 e. The number of nitrogens with zero attached hydrogens (tertiary/aromatic N) is 4. The van der Waals surface area contributed by atoms with Gasteiger partial charge in [-0.05, 0) is 43.5 Å². The van der Waals surface area contributed by atoms with Gasteiger partial charge in [-0.2, -0.15) is 0 Å². The fourth-order valence-corrected chi connectivity index (χ4v) is 4.59. The zero-order valence-corrected chi connectivity index (χ0v) is 18.9. The number of anilines is 1. The molecule has 174 valence electrons. The van der Waals surface area contributed by atoms with E-state index in [0.29, 0.717) is 38.1 Å². The zero-order chi connectivity index (χ0) is 23.7. The van der Waals surface area contributed by atoms with E-state index in [1.807, 2.05) is 49.5 Å². The Morgan fingerprint density at radius 3 is 2.59 bits per heavy atom. The smallest absolute Gasteiger partial charge is 0.324 e. The molecular weight excluding hydrogens is 432 g/mol. The molecule has 5 rings (SSSR count). The van der Waals surface area contributed by atoms with E-state index in [0.717, 1.165) is 16.6 Å². The second kappa shape index (κ2) is 9.01. The third-order valence-electron chi connectivity index (χ3n) is 6.38. The van der Waals surface area contributed by atoms with E-state index in [2.05, 4.69) is 15.3 Å². The molecule has 0 spiro atoms. The monoisotopic (exact) mass is 458 g/mol. The number of nitrogens with one attached hydrogen (secondary N) is 2.